The molecule has 0 bridgehead atoms. The number of hydrogen-bond donors (Lipinski definition) is 2. The van der Waals surface area contributed by atoms with Gasteiger partial charge < -0.3 is 15.4 Å². The van der Waals surface area contributed by atoms with E-state index < -0.39 is 0 Å². The maximum atomic E-state index is 5.18. The van der Waals surface area contributed by atoms with Crippen molar-refractivity contribution < 1.29 is 4.74 Å². The fourth-order valence-electron chi connectivity index (χ4n) is 2.70. The van der Waals surface area contributed by atoms with E-state index in [1.54, 1.807) is 7.11 Å². The molecule has 23 heavy (non-hydrogen) atoms. The second kappa shape index (κ2) is 10.7. The third kappa shape index (κ3) is 6.97. The molecule has 0 heterocycles. The summed E-state index contributed by atoms with van der Waals surface area (Å²) in [6, 6.07) is 8.84. The zero-order valence-corrected chi connectivity index (χ0v) is 16.8. The second-order valence-corrected chi connectivity index (χ2v) is 5.89. The number of ether oxygens (including phenoxy) is 1. The van der Waals surface area contributed by atoms with E-state index in [9.17, 15) is 0 Å². The Morgan fingerprint density at radius 1 is 1.26 bits per heavy atom. The average molecular weight is 431 g/mol. The lowest BCUT2D eigenvalue weighted by atomic mass is 10.1. The molecular weight excluding hydrogens is 401 g/mol. The molecule has 4 nitrogen and oxygen atoms in total. The predicted molar refractivity (Wildman–Crippen MR) is 108 cm³/mol. The Hall–Kier alpha value is -0.980. The lowest BCUT2D eigenvalue weighted by Gasteiger charge is -2.11. The van der Waals surface area contributed by atoms with Crippen molar-refractivity contribution in [1.82, 2.24) is 10.6 Å². The van der Waals surface area contributed by atoms with Gasteiger partial charge in [0.2, 0.25) is 0 Å². The normalized spacial score (nSPS) is 19.7. The SMILES string of the molecule is CCCC1CC1NC(=NCCc1ccc(OC)cc1)NCC.I. The van der Waals surface area contributed by atoms with Crippen molar-refractivity contribution in [3.05, 3.63) is 29.8 Å². The van der Waals surface area contributed by atoms with Crippen molar-refractivity contribution in [1.29, 1.82) is 0 Å². The molecule has 0 spiro atoms. The molecule has 1 saturated carbocycles. The van der Waals surface area contributed by atoms with Gasteiger partial charge in [-0.15, -0.1) is 24.0 Å². The summed E-state index contributed by atoms with van der Waals surface area (Å²) in [5.41, 5.74) is 1.29. The van der Waals surface area contributed by atoms with Gasteiger partial charge in [-0.25, -0.2) is 0 Å². The monoisotopic (exact) mass is 431 g/mol. The van der Waals surface area contributed by atoms with Gasteiger partial charge in [0.05, 0.1) is 7.11 Å². The van der Waals surface area contributed by atoms with Crippen LogP contribution in [-0.4, -0.2) is 32.2 Å². The van der Waals surface area contributed by atoms with Crippen molar-refractivity contribution in [2.75, 3.05) is 20.2 Å². The minimum atomic E-state index is 0. The molecule has 0 radical (unpaired) electrons. The van der Waals surface area contributed by atoms with E-state index in [1.165, 1.54) is 24.8 Å². The number of benzene rings is 1. The molecule has 1 aromatic rings. The van der Waals surface area contributed by atoms with Crippen LogP contribution >= 0.6 is 24.0 Å². The van der Waals surface area contributed by atoms with Gasteiger partial charge in [0.25, 0.3) is 0 Å². The molecule has 0 amide bonds. The number of guanidine groups is 1. The summed E-state index contributed by atoms with van der Waals surface area (Å²) < 4.78 is 5.18. The first-order valence-electron chi connectivity index (χ1n) is 8.44. The highest BCUT2D eigenvalue weighted by Gasteiger charge is 2.36. The highest BCUT2D eigenvalue weighted by atomic mass is 127. The van der Waals surface area contributed by atoms with Crippen LogP contribution in [0, 0.1) is 5.92 Å². The molecule has 5 heteroatoms. The molecule has 2 unspecified atom stereocenters. The molecule has 2 atom stereocenters. The molecule has 1 aliphatic carbocycles. The number of aliphatic imine (C=N–C) groups is 1. The zero-order valence-electron chi connectivity index (χ0n) is 14.5. The molecule has 0 aromatic heterocycles. The standard InChI is InChI=1S/C18H29N3O.HI/c1-4-6-15-13-17(15)21-18(19-5-2)20-12-11-14-7-9-16(22-3)10-8-14;/h7-10,15,17H,4-6,11-13H2,1-3H3,(H2,19,20,21);1H. The molecule has 1 aromatic carbocycles. The van der Waals surface area contributed by atoms with Crippen LogP contribution in [0.2, 0.25) is 0 Å². The highest BCUT2D eigenvalue weighted by Crippen LogP contribution is 2.34. The fraction of sp³-hybridized carbons (Fsp3) is 0.611. The summed E-state index contributed by atoms with van der Waals surface area (Å²) in [6.45, 7) is 6.06. The Kier molecular flexibility index (Phi) is 9.36. The van der Waals surface area contributed by atoms with E-state index in [-0.39, 0.29) is 24.0 Å². The zero-order chi connectivity index (χ0) is 15.8. The summed E-state index contributed by atoms with van der Waals surface area (Å²) >= 11 is 0. The third-order valence-corrected chi connectivity index (χ3v) is 4.08. The lowest BCUT2D eigenvalue weighted by molar-refractivity contribution is 0.414. The summed E-state index contributed by atoms with van der Waals surface area (Å²) in [7, 11) is 1.69. The van der Waals surface area contributed by atoms with Gasteiger partial charge in [0.1, 0.15) is 5.75 Å². The minimum Gasteiger partial charge on any atom is -0.497 e. The summed E-state index contributed by atoms with van der Waals surface area (Å²) in [6.07, 6.45) is 4.83. The summed E-state index contributed by atoms with van der Waals surface area (Å²) in [5, 5.41) is 6.89. The molecular formula is C18H30IN3O. The lowest BCUT2D eigenvalue weighted by Crippen LogP contribution is -2.39. The van der Waals surface area contributed by atoms with Gasteiger partial charge in [-0.1, -0.05) is 25.5 Å². The number of methoxy groups -OCH3 is 1. The third-order valence-electron chi connectivity index (χ3n) is 4.08. The largest absolute Gasteiger partial charge is 0.497 e. The Bertz CT molecular complexity index is 476. The molecule has 0 saturated heterocycles. The van der Waals surface area contributed by atoms with Crippen molar-refractivity contribution >= 4 is 29.9 Å². The Labute approximate surface area is 157 Å². The summed E-state index contributed by atoms with van der Waals surface area (Å²) in [5.74, 6) is 2.70. The van der Waals surface area contributed by atoms with Crippen LogP contribution < -0.4 is 15.4 Å². The topological polar surface area (TPSA) is 45.7 Å². The van der Waals surface area contributed by atoms with E-state index in [0.717, 1.165) is 37.1 Å². The van der Waals surface area contributed by atoms with Gasteiger partial charge in [-0.2, -0.15) is 0 Å². The van der Waals surface area contributed by atoms with Crippen LogP contribution in [0.5, 0.6) is 5.75 Å². The van der Waals surface area contributed by atoms with E-state index in [4.69, 9.17) is 4.74 Å². The van der Waals surface area contributed by atoms with Crippen molar-refractivity contribution in [2.45, 2.75) is 45.6 Å². The fourth-order valence-corrected chi connectivity index (χ4v) is 2.70. The Morgan fingerprint density at radius 2 is 2.00 bits per heavy atom. The number of halogens is 1. The average Bonchev–Trinajstić information content (AvgIpc) is 3.26. The van der Waals surface area contributed by atoms with Gasteiger partial charge in [-0.3, -0.25) is 4.99 Å². The highest BCUT2D eigenvalue weighted by molar-refractivity contribution is 14.0. The van der Waals surface area contributed by atoms with E-state index in [1.807, 2.05) is 12.1 Å². The van der Waals surface area contributed by atoms with Gasteiger partial charge in [0.15, 0.2) is 5.96 Å². The number of nitrogens with zero attached hydrogens (tertiary/aromatic N) is 1. The van der Waals surface area contributed by atoms with Gasteiger partial charge >= 0.3 is 0 Å². The second-order valence-electron chi connectivity index (χ2n) is 5.89. The van der Waals surface area contributed by atoms with Crippen LogP contribution in [-0.2, 0) is 6.42 Å². The molecule has 1 aliphatic rings. The van der Waals surface area contributed by atoms with E-state index >= 15 is 0 Å². The Morgan fingerprint density at radius 3 is 2.61 bits per heavy atom. The smallest absolute Gasteiger partial charge is 0.191 e. The first kappa shape index (κ1) is 20.1. The maximum Gasteiger partial charge on any atom is 0.191 e. The van der Waals surface area contributed by atoms with Crippen molar-refractivity contribution in [3.8, 4) is 5.75 Å². The van der Waals surface area contributed by atoms with E-state index in [0.29, 0.717) is 6.04 Å². The summed E-state index contributed by atoms with van der Waals surface area (Å²) in [4.78, 5) is 4.69. The molecule has 0 aliphatic heterocycles. The molecule has 130 valence electrons. The number of hydrogen-bond acceptors (Lipinski definition) is 2. The first-order chi connectivity index (χ1) is 10.8. The van der Waals surface area contributed by atoms with Crippen LogP contribution in [0.3, 0.4) is 0 Å². The van der Waals surface area contributed by atoms with Crippen molar-refractivity contribution in [2.24, 2.45) is 10.9 Å². The molecule has 2 N–H and O–H groups in total. The predicted octanol–water partition coefficient (Wildman–Crippen LogP) is 3.60. The minimum absolute atomic E-state index is 0. The molecule has 1 fully saturated rings. The van der Waals surface area contributed by atoms with Crippen molar-refractivity contribution in [3.63, 3.8) is 0 Å². The first-order valence-corrected chi connectivity index (χ1v) is 8.44. The quantitative estimate of drug-likeness (QED) is 0.376. The van der Waals surface area contributed by atoms with Crippen LogP contribution in [0.4, 0.5) is 0 Å². The number of rotatable bonds is 8. The molecule has 2 rings (SSSR count). The van der Waals surface area contributed by atoms with Crippen LogP contribution in [0.1, 0.15) is 38.7 Å². The van der Waals surface area contributed by atoms with Gasteiger partial charge in [-0.05, 0) is 49.8 Å². The van der Waals surface area contributed by atoms with Crippen LogP contribution in [0.25, 0.3) is 0 Å². The van der Waals surface area contributed by atoms with Gasteiger partial charge in [0, 0.05) is 19.1 Å². The maximum absolute atomic E-state index is 5.18. The van der Waals surface area contributed by atoms with E-state index in [2.05, 4.69) is 41.6 Å². The van der Waals surface area contributed by atoms with Crippen LogP contribution in [0.15, 0.2) is 29.3 Å². The number of nitrogens with one attached hydrogen (secondary N) is 2. The Balaban J connectivity index is 0.00000264.